The Bertz CT molecular complexity index is 1110. The first-order valence-electron chi connectivity index (χ1n) is 9.26. The molecule has 0 aliphatic rings. The summed E-state index contributed by atoms with van der Waals surface area (Å²) in [5.74, 6) is 0.0246. The summed E-state index contributed by atoms with van der Waals surface area (Å²) in [5, 5.41) is 2.81. The molecule has 8 nitrogen and oxygen atoms in total. The van der Waals surface area contributed by atoms with Crippen molar-refractivity contribution in [2.75, 3.05) is 18.4 Å². The molecule has 0 fully saturated rings. The van der Waals surface area contributed by atoms with Crippen LogP contribution in [0.3, 0.4) is 0 Å². The molecule has 0 atom stereocenters. The van der Waals surface area contributed by atoms with Crippen LogP contribution in [0.25, 0.3) is 11.0 Å². The highest BCUT2D eigenvalue weighted by Gasteiger charge is 2.26. The minimum atomic E-state index is -3.63. The normalized spacial score (nSPS) is 12.0. The molecule has 1 aromatic carbocycles. The molecule has 0 spiro atoms. The SMILES string of the molecule is CCN(CC)S(=O)(=O)c1cc(C(=O)Nc2nc3ccccc3n2CC)n(C)c1. The van der Waals surface area contributed by atoms with Crippen LogP contribution in [-0.2, 0) is 23.6 Å². The Morgan fingerprint density at radius 1 is 1.18 bits per heavy atom. The number of aryl methyl sites for hydroxylation is 2. The number of anilines is 1. The number of benzene rings is 1. The zero-order valence-corrected chi connectivity index (χ0v) is 17.3. The number of carbonyl (C=O) groups excluding carboxylic acids is 1. The summed E-state index contributed by atoms with van der Waals surface area (Å²) in [6, 6.07) is 9.04. The fraction of sp³-hybridized carbons (Fsp3) is 0.368. The summed E-state index contributed by atoms with van der Waals surface area (Å²) in [5.41, 5.74) is 1.97. The minimum Gasteiger partial charge on any atom is -0.345 e. The van der Waals surface area contributed by atoms with E-state index in [1.807, 2.05) is 35.8 Å². The molecule has 3 rings (SSSR count). The number of hydrogen-bond acceptors (Lipinski definition) is 4. The second-order valence-corrected chi connectivity index (χ2v) is 8.32. The third-order valence-electron chi connectivity index (χ3n) is 4.75. The van der Waals surface area contributed by atoms with E-state index in [0.717, 1.165) is 11.0 Å². The molecule has 0 aliphatic carbocycles. The van der Waals surface area contributed by atoms with Crippen LogP contribution in [0.1, 0.15) is 31.3 Å². The van der Waals surface area contributed by atoms with E-state index in [-0.39, 0.29) is 10.6 Å². The first kappa shape index (κ1) is 20.1. The molecule has 0 saturated heterocycles. The smallest absolute Gasteiger partial charge is 0.274 e. The van der Waals surface area contributed by atoms with Gasteiger partial charge in [-0.05, 0) is 25.1 Å². The highest BCUT2D eigenvalue weighted by atomic mass is 32.2. The zero-order chi connectivity index (χ0) is 20.5. The number of para-hydroxylation sites is 2. The molecule has 2 heterocycles. The minimum absolute atomic E-state index is 0.104. The molecule has 2 aromatic heterocycles. The van der Waals surface area contributed by atoms with Crippen LogP contribution in [0.15, 0.2) is 41.4 Å². The molecule has 1 N–H and O–H groups in total. The average Bonchev–Trinajstić information content (AvgIpc) is 3.22. The van der Waals surface area contributed by atoms with Crippen molar-refractivity contribution in [3.63, 3.8) is 0 Å². The monoisotopic (exact) mass is 403 g/mol. The number of fused-ring (bicyclic) bond motifs is 1. The molecule has 0 radical (unpaired) electrons. The number of imidazole rings is 1. The van der Waals surface area contributed by atoms with Crippen molar-refractivity contribution in [1.29, 1.82) is 0 Å². The molecule has 0 saturated carbocycles. The Labute approximate surface area is 164 Å². The van der Waals surface area contributed by atoms with Gasteiger partial charge in [0.2, 0.25) is 16.0 Å². The number of sulfonamides is 1. The van der Waals surface area contributed by atoms with E-state index in [2.05, 4.69) is 10.3 Å². The van der Waals surface area contributed by atoms with Crippen LogP contribution in [0.5, 0.6) is 0 Å². The van der Waals surface area contributed by atoms with E-state index in [1.165, 1.54) is 21.1 Å². The van der Waals surface area contributed by atoms with E-state index in [1.54, 1.807) is 20.9 Å². The van der Waals surface area contributed by atoms with Gasteiger partial charge in [-0.1, -0.05) is 26.0 Å². The molecule has 0 aliphatic heterocycles. The predicted molar refractivity (Wildman–Crippen MR) is 109 cm³/mol. The Hall–Kier alpha value is -2.65. The first-order valence-corrected chi connectivity index (χ1v) is 10.7. The van der Waals surface area contributed by atoms with Crippen LogP contribution in [0.4, 0.5) is 5.95 Å². The molecule has 0 bridgehead atoms. The molecule has 0 unspecified atom stereocenters. The van der Waals surface area contributed by atoms with E-state index in [4.69, 9.17) is 0 Å². The van der Waals surface area contributed by atoms with Crippen molar-refractivity contribution in [3.8, 4) is 0 Å². The second-order valence-electron chi connectivity index (χ2n) is 6.38. The molecule has 9 heteroatoms. The molecule has 1 amide bonds. The Morgan fingerprint density at radius 3 is 2.50 bits per heavy atom. The van der Waals surface area contributed by atoms with Crippen molar-refractivity contribution in [1.82, 2.24) is 18.4 Å². The van der Waals surface area contributed by atoms with Gasteiger partial charge in [-0.2, -0.15) is 4.31 Å². The summed E-state index contributed by atoms with van der Waals surface area (Å²) in [4.78, 5) is 17.4. The third kappa shape index (κ3) is 3.43. The van der Waals surface area contributed by atoms with Gasteiger partial charge in [0.05, 0.1) is 11.0 Å². The summed E-state index contributed by atoms with van der Waals surface area (Å²) in [6.45, 7) is 6.93. The number of aromatic nitrogens is 3. The van der Waals surface area contributed by atoms with Gasteiger partial charge in [-0.25, -0.2) is 13.4 Å². The van der Waals surface area contributed by atoms with Gasteiger partial charge in [-0.15, -0.1) is 0 Å². The Morgan fingerprint density at radius 2 is 1.86 bits per heavy atom. The van der Waals surface area contributed by atoms with Crippen LogP contribution >= 0.6 is 0 Å². The van der Waals surface area contributed by atoms with Gasteiger partial charge in [0.15, 0.2) is 0 Å². The van der Waals surface area contributed by atoms with E-state index in [0.29, 0.717) is 25.6 Å². The lowest BCUT2D eigenvalue weighted by Gasteiger charge is -2.17. The topological polar surface area (TPSA) is 89.2 Å². The molecule has 28 heavy (non-hydrogen) atoms. The Balaban J connectivity index is 1.94. The molecule has 150 valence electrons. The number of nitrogens with zero attached hydrogens (tertiary/aromatic N) is 4. The lowest BCUT2D eigenvalue weighted by atomic mass is 10.3. The maximum Gasteiger partial charge on any atom is 0.274 e. The van der Waals surface area contributed by atoms with Crippen LogP contribution in [-0.4, -0.2) is 45.8 Å². The maximum atomic E-state index is 12.8. The van der Waals surface area contributed by atoms with E-state index < -0.39 is 15.9 Å². The van der Waals surface area contributed by atoms with Crippen molar-refractivity contribution in [2.45, 2.75) is 32.2 Å². The average molecular weight is 404 g/mol. The Kier molecular flexibility index (Phi) is 5.57. The van der Waals surface area contributed by atoms with Gasteiger partial charge in [-0.3, -0.25) is 10.1 Å². The summed E-state index contributed by atoms with van der Waals surface area (Å²) < 4.78 is 30.2. The fourth-order valence-corrected chi connectivity index (χ4v) is 4.80. The largest absolute Gasteiger partial charge is 0.345 e. The first-order chi connectivity index (χ1) is 13.3. The maximum absolute atomic E-state index is 12.8. The third-order valence-corrected chi connectivity index (χ3v) is 6.77. The number of hydrogen-bond donors (Lipinski definition) is 1. The highest BCUT2D eigenvalue weighted by Crippen LogP contribution is 2.22. The quantitative estimate of drug-likeness (QED) is 0.657. The number of rotatable bonds is 7. The van der Waals surface area contributed by atoms with Gasteiger partial charge < -0.3 is 9.13 Å². The zero-order valence-electron chi connectivity index (χ0n) is 16.5. The fourth-order valence-electron chi connectivity index (χ4n) is 3.27. The van der Waals surface area contributed by atoms with Crippen molar-refractivity contribution in [3.05, 3.63) is 42.2 Å². The van der Waals surface area contributed by atoms with Crippen molar-refractivity contribution >= 4 is 32.9 Å². The van der Waals surface area contributed by atoms with Gasteiger partial charge in [0.1, 0.15) is 10.6 Å². The van der Waals surface area contributed by atoms with E-state index >= 15 is 0 Å². The summed E-state index contributed by atoms with van der Waals surface area (Å²) in [6.07, 6.45) is 1.46. The van der Waals surface area contributed by atoms with Crippen LogP contribution in [0.2, 0.25) is 0 Å². The predicted octanol–water partition coefficient (Wildman–Crippen LogP) is 2.68. The standard InChI is InChI=1S/C19H25N5O3S/c1-5-23(6-2)28(26,27)14-12-17(22(4)13-14)18(25)21-19-20-15-10-8-9-11-16(15)24(19)7-3/h8-13H,5-7H2,1-4H3,(H,20,21,25). The number of nitrogens with one attached hydrogen (secondary N) is 1. The summed E-state index contributed by atoms with van der Waals surface area (Å²) in [7, 11) is -1.98. The van der Waals surface area contributed by atoms with E-state index in [9.17, 15) is 13.2 Å². The van der Waals surface area contributed by atoms with Gasteiger partial charge >= 0.3 is 0 Å². The number of amides is 1. The lowest BCUT2D eigenvalue weighted by molar-refractivity contribution is 0.101. The molecular weight excluding hydrogens is 378 g/mol. The van der Waals surface area contributed by atoms with Crippen molar-refractivity contribution < 1.29 is 13.2 Å². The van der Waals surface area contributed by atoms with Gasteiger partial charge in [0.25, 0.3) is 5.91 Å². The molecule has 3 aromatic rings. The lowest BCUT2D eigenvalue weighted by Crippen LogP contribution is -2.30. The second kappa shape index (κ2) is 7.76. The number of carbonyl (C=O) groups is 1. The van der Waals surface area contributed by atoms with Crippen LogP contribution in [0, 0.1) is 0 Å². The van der Waals surface area contributed by atoms with Crippen molar-refractivity contribution in [2.24, 2.45) is 7.05 Å². The highest BCUT2D eigenvalue weighted by molar-refractivity contribution is 7.89. The van der Waals surface area contributed by atoms with Gasteiger partial charge in [0, 0.05) is 32.9 Å². The molecular formula is C19H25N5O3S. The van der Waals surface area contributed by atoms with Crippen LogP contribution < -0.4 is 5.32 Å². The summed E-state index contributed by atoms with van der Waals surface area (Å²) >= 11 is 0.